The van der Waals surface area contributed by atoms with E-state index in [-0.39, 0.29) is 6.04 Å². The SMILES string of the molecule is Cc1ccc(C(CN)N(C)Cc2ccccn2)c(Br)c1. The number of nitrogens with zero attached hydrogens (tertiary/aromatic N) is 2. The highest BCUT2D eigenvalue weighted by Gasteiger charge is 2.18. The van der Waals surface area contributed by atoms with E-state index in [1.807, 2.05) is 24.4 Å². The Morgan fingerprint density at radius 1 is 1.30 bits per heavy atom. The number of nitrogens with two attached hydrogens (primary N) is 1. The topological polar surface area (TPSA) is 42.1 Å². The molecule has 1 atom stereocenters. The molecule has 0 aliphatic carbocycles. The Kier molecular flexibility index (Phi) is 5.29. The molecule has 3 nitrogen and oxygen atoms in total. The van der Waals surface area contributed by atoms with Crippen LogP contribution in [-0.4, -0.2) is 23.5 Å². The Bertz CT molecular complexity index is 557. The summed E-state index contributed by atoms with van der Waals surface area (Å²) >= 11 is 3.64. The maximum atomic E-state index is 5.98. The molecule has 0 saturated heterocycles. The lowest BCUT2D eigenvalue weighted by molar-refractivity contribution is 0.238. The second-order valence-electron chi connectivity index (χ2n) is 5.01. The summed E-state index contributed by atoms with van der Waals surface area (Å²) in [5.41, 5.74) is 9.49. The van der Waals surface area contributed by atoms with Gasteiger partial charge in [-0.3, -0.25) is 9.88 Å². The third-order valence-corrected chi connectivity index (χ3v) is 4.09. The van der Waals surface area contributed by atoms with E-state index in [0.717, 1.165) is 16.7 Å². The maximum absolute atomic E-state index is 5.98. The van der Waals surface area contributed by atoms with Gasteiger partial charge in [-0.15, -0.1) is 0 Å². The van der Waals surface area contributed by atoms with Crippen molar-refractivity contribution in [1.29, 1.82) is 0 Å². The van der Waals surface area contributed by atoms with Crippen molar-refractivity contribution in [1.82, 2.24) is 9.88 Å². The predicted octanol–water partition coefficient (Wildman–Crippen LogP) is 3.28. The van der Waals surface area contributed by atoms with Crippen molar-refractivity contribution < 1.29 is 0 Å². The third kappa shape index (κ3) is 3.66. The monoisotopic (exact) mass is 333 g/mol. The summed E-state index contributed by atoms with van der Waals surface area (Å²) in [5, 5.41) is 0. The normalized spacial score (nSPS) is 12.7. The van der Waals surface area contributed by atoms with E-state index in [9.17, 15) is 0 Å². The number of rotatable bonds is 5. The lowest BCUT2D eigenvalue weighted by Crippen LogP contribution is -2.30. The molecular weight excluding hydrogens is 314 g/mol. The molecule has 1 aromatic heterocycles. The van der Waals surface area contributed by atoms with Gasteiger partial charge in [0, 0.05) is 29.8 Å². The molecule has 0 aliphatic rings. The summed E-state index contributed by atoms with van der Waals surface area (Å²) in [7, 11) is 2.08. The van der Waals surface area contributed by atoms with Gasteiger partial charge in [0.05, 0.1) is 5.69 Å². The predicted molar refractivity (Wildman–Crippen MR) is 86.4 cm³/mol. The van der Waals surface area contributed by atoms with Gasteiger partial charge >= 0.3 is 0 Å². The minimum Gasteiger partial charge on any atom is -0.329 e. The minimum atomic E-state index is 0.173. The summed E-state index contributed by atoms with van der Waals surface area (Å²) in [6, 6.07) is 12.5. The molecule has 1 heterocycles. The van der Waals surface area contributed by atoms with Gasteiger partial charge in [-0.1, -0.05) is 34.1 Å². The van der Waals surface area contributed by atoms with Crippen molar-refractivity contribution in [3.8, 4) is 0 Å². The first kappa shape index (κ1) is 15.2. The van der Waals surface area contributed by atoms with Gasteiger partial charge in [0.25, 0.3) is 0 Å². The van der Waals surface area contributed by atoms with Crippen LogP contribution in [0.25, 0.3) is 0 Å². The van der Waals surface area contributed by atoms with E-state index in [1.54, 1.807) is 0 Å². The molecule has 0 radical (unpaired) electrons. The van der Waals surface area contributed by atoms with Crippen molar-refractivity contribution in [2.75, 3.05) is 13.6 Å². The molecule has 0 fully saturated rings. The Morgan fingerprint density at radius 3 is 2.70 bits per heavy atom. The highest BCUT2D eigenvalue weighted by atomic mass is 79.9. The van der Waals surface area contributed by atoms with Crippen LogP contribution in [0.4, 0.5) is 0 Å². The average Bonchev–Trinajstić information content (AvgIpc) is 2.43. The van der Waals surface area contributed by atoms with Gasteiger partial charge in [-0.2, -0.15) is 0 Å². The number of halogens is 1. The average molecular weight is 334 g/mol. The Balaban J connectivity index is 2.19. The zero-order valence-corrected chi connectivity index (χ0v) is 13.5. The van der Waals surface area contributed by atoms with Crippen LogP contribution in [0.2, 0.25) is 0 Å². The van der Waals surface area contributed by atoms with Crippen molar-refractivity contribution in [2.24, 2.45) is 5.73 Å². The fourth-order valence-electron chi connectivity index (χ4n) is 2.30. The van der Waals surface area contributed by atoms with E-state index < -0.39 is 0 Å². The van der Waals surface area contributed by atoms with Gasteiger partial charge in [-0.25, -0.2) is 0 Å². The number of hydrogen-bond donors (Lipinski definition) is 1. The van der Waals surface area contributed by atoms with Crippen molar-refractivity contribution in [3.05, 3.63) is 63.9 Å². The summed E-state index contributed by atoms with van der Waals surface area (Å²) < 4.78 is 1.11. The summed E-state index contributed by atoms with van der Waals surface area (Å²) in [6.45, 7) is 3.44. The second kappa shape index (κ2) is 6.97. The fraction of sp³-hybridized carbons (Fsp3) is 0.312. The Morgan fingerprint density at radius 2 is 2.10 bits per heavy atom. The fourth-order valence-corrected chi connectivity index (χ4v) is 3.06. The lowest BCUT2D eigenvalue weighted by Gasteiger charge is -2.28. The van der Waals surface area contributed by atoms with Crippen LogP contribution in [0.15, 0.2) is 47.1 Å². The minimum absolute atomic E-state index is 0.173. The first-order chi connectivity index (χ1) is 9.61. The van der Waals surface area contributed by atoms with Gasteiger partial charge in [-0.05, 0) is 43.3 Å². The molecule has 1 unspecified atom stereocenters. The van der Waals surface area contributed by atoms with Gasteiger partial charge in [0.15, 0.2) is 0 Å². The van der Waals surface area contributed by atoms with E-state index in [1.165, 1.54) is 11.1 Å². The smallest absolute Gasteiger partial charge is 0.0544 e. The summed E-state index contributed by atoms with van der Waals surface area (Å²) in [4.78, 5) is 6.61. The van der Waals surface area contributed by atoms with Crippen LogP contribution in [0.5, 0.6) is 0 Å². The van der Waals surface area contributed by atoms with Crippen LogP contribution in [-0.2, 0) is 6.54 Å². The van der Waals surface area contributed by atoms with E-state index in [2.05, 4.69) is 58.0 Å². The molecule has 0 spiro atoms. The number of benzene rings is 1. The third-order valence-electron chi connectivity index (χ3n) is 3.41. The van der Waals surface area contributed by atoms with Crippen molar-refractivity contribution in [3.63, 3.8) is 0 Å². The largest absolute Gasteiger partial charge is 0.329 e. The molecular formula is C16H20BrN3. The highest BCUT2D eigenvalue weighted by molar-refractivity contribution is 9.10. The van der Waals surface area contributed by atoms with E-state index in [4.69, 9.17) is 5.73 Å². The molecule has 0 aliphatic heterocycles. The molecule has 0 bridgehead atoms. The molecule has 2 N–H and O–H groups in total. The van der Waals surface area contributed by atoms with E-state index >= 15 is 0 Å². The molecule has 106 valence electrons. The standard InChI is InChI=1S/C16H20BrN3/c1-12-6-7-14(15(17)9-12)16(10-18)20(2)11-13-5-3-4-8-19-13/h3-9,16H,10-11,18H2,1-2H3. The molecule has 2 rings (SSSR count). The number of aromatic nitrogens is 1. The molecule has 0 saturated carbocycles. The van der Waals surface area contributed by atoms with Gasteiger partial charge < -0.3 is 5.73 Å². The van der Waals surface area contributed by atoms with Gasteiger partial charge in [0.1, 0.15) is 0 Å². The molecule has 4 heteroatoms. The van der Waals surface area contributed by atoms with Gasteiger partial charge in [0.2, 0.25) is 0 Å². The number of aryl methyl sites for hydroxylation is 1. The van der Waals surface area contributed by atoms with Crippen LogP contribution in [0.1, 0.15) is 22.9 Å². The maximum Gasteiger partial charge on any atom is 0.0544 e. The molecule has 0 amide bonds. The molecule has 20 heavy (non-hydrogen) atoms. The van der Waals surface area contributed by atoms with Crippen LogP contribution in [0, 0.1) is 6.92 Å². The summed E-state index contributed by atoms with van der Waals surface area (Å²) in [6.07, 6.45) is 1.82. The number of pyridine rings is 1. The molecule has 1 aromatic carbocycles. The zero-order valence-electron chi connectivity index (χ0n) is 11.9. The summed E-state index contributed by atoms with van der Waals surface area (Å²) in [5.74, 6) is 0. The lowest BCUT2D eigenvalue weighted by atomic mass is 10.0. The first-order valence-corrected chi connectivity index (χ1v) is 7.47. The Hall–Kier alpha value is -1.23. The van der Waals surface area contributed by atoms with E-state index in [0.29, 0.717) is 6.54 Å². The number of likely N-dealkylation sites (N-methyl/N-ethyl adjacent to an activating group) is 1. The molecule has 2 aromatic rings. The van der Waals surface area contributed by atoms with Crippen LogP contribution < -0.4 is 5.73 Å². The Labute approximate surface area is 129 Å². The quantitative estimate of drug-likeness (QED) is 0.912. The first-order valence-electron chi connectivity index (χ1n) is 6.68. The van der Waals surface area contributed by atoms with Crippen molar-refractivity contribution >= 4 is 15.9 Å². The van der Waals surface area contributed by atoms with Crippen molar-refractivity contribution in [2.45, 2.75) is 19.5 Å². The van der Waals surface area contributed by atoms with Crippen LogP contribution in [0.3, 0.4) is 0 Å². The highest BCUT2D eigenvalue weighted by Crippen LogP contribution is 2.28. The zero-order chi connectivity index (χ0) is 14.5. The van der Waals surface area contributed by atoms with Crippen LogP contribution >= 0.6 is 15.9 Å². The number of hydrogen-bond acceptors (Lipinski definition) is 3. The second-order valence-corrected chi connectivity index (χ2v) is 5.87.